The predicted molar refractivity (Wildman–Crippen MR) is 208 cm³/mol. The van der Waals surface area contributed by atoms with Gasteiger partial charge in [-0.1, -0.05) is 31.6 Å². The van der Waals surface area contributed by atoms with Crippen LogP contribution in [-0.2, 0) is 63.2 Å². The number of hydrogen-bond donors (Lipinski definition) is 12. The molecular weight excluding hydrogens is 1000 g/mol. The van der Waals surface area contributed by atoms with E-state index >= 15 is 0 Å². The number of alkyl halides is 2. The molecule has 4 heterocycles. The van der Waals surface area contributed by atoms with Crippen molar-refractivity contribution in [2.45, 2.75) is 62.1 Å². The maximum atomic E-state index is 14.9. The molecule has 0 aromatic heterocycles. The van der Waals surface area contributed by atoms with E-state index in [9.17, 15) is 56.2 Å². The summed E-state index contributed by atoms with van der Waals surface area (Å²) in [4.78, 5) is 77.7. The first-order valence-electron chi connectivity index (χ1n) is 16.5. The Bertz CT molecular complexity index is 2370. The van der Waals surface area contributed by atoms with Crippen molar-refractivity contribution in [3.8, 4) is 24.7 Å². The van der Waals surface area contributed by atoms with E-state index in [0.717, 1.165) is 9.80 Å². The fourth-order valence-corrected chi connectivity index (χ4v) is 11.4. The van der Waals surface area contributed by atoms with Crippen LogP contribution in [0.3, 0.4) is 0 Å². The van der Waals surface area contributed by atoms with Crippen molar-refractivity contribution in [1.29, 1.82) is 0 Å². The first-order chi connectivity index (χ1) is 28.8. The van der Waals surface area contributed by atoms with Gasteiger partial charge in [-0.2, -0.15) is 17.2 Å². The number of allylic oxidation sites excluding steroid dienone is 1. The third-order valence-corrected chi connectivity index (χ3v) is 15.8. The summed E-state index contributed by atoms with van der Waals surface area (Å²) in [5.74, 6) is 3.92. The van der Waals surface area contributed by atoms with Crippen molar-refractivity contribution >= 4 is 52.8 Å². The average Bonchev–Trinajstić information content (AvgIpc) is 3.51. The SMILES string of the molecule is C#C[C@]1(COP(=O)(O)OP(=O)(O)OP(=O)(O)O)O[C@@H](N2C=C(C)C(=C)NC2=C)C(F)[C@H]1O.C#C[C@]1(COP(=O)(O)OP(=O)(O)OP(=O)(O)O)O[C@@H](N2C=C(C)C(N)=NC2=C)C(F)[C@H]1O. The third kappa shape index (κ3) is 14.1. The Morgan fingerprint density at radius 1 is 0.734 bits per heavy atom. The van der Waals surface area contributed by atoms with Crippen LogP contribution in [0.1, 0.15) is 13.8 Å². The number of hydrogen-bond acceptors (Lipinski definition) is 21. The summed E-state index contributed by atoms with van der Waals surface area (Å²) in [6, 6.07) is 0. The van der Waals surface area contributed by atoms with E-state index in [4.69, 9.17) is 57.4 Å². The van der Waals surface area contributed by atoms with Crippen LogP contribution in [0.25, 0.3) is 0 Å². The van der Waals surface area contributed by atoms with E-state index in [-0.39, 0.29) is 17.5 Å². The second-order valence-corrected chi connectivity index (χ2v) is 21.8. The number of phosphoric ester groups is 2. The van der Waals surface area contributed by atoms with E-state index in [0.29, 0.717) is 16.8 Å². The van der Waals surface area contributed by atoms with Crippen LogP contribution in [0.4, 0.5) is 8.78 Å². The summed E-state index contributed by atoms with van der Waals surface area (Å²) in [5, 5.41) is 23.4. The van der Waals surface area contributed by atoms with Gasteiger partial charge in [0.05, 0.1) is 0 Å². The lowest BCUT2D eigenvalue weighted by molar-refractivity contribution is -0.0996. The Morgan fingerprint density at radius 3 is 1.48 bits per heavy atom. The highest BCUT2D eigenvalue weighted by atomic mass is 31.3. The van der Waals surface area contributed by atoms with Crippen molar-refractivity contribution in [2.24, 2.45) is 10.7 Å². The molecule has 12 atom stereocenters. The molecule has 0 saturated carbocycles. The first-order valence-corrected chi connectivity index (χ1v) is 25.5. The van der Waals surface area contributed by atoms with Gasteiger partial charge in [0.1, 0.15) is 42.9 Å². The normalized spacial score (nSPS) is 32.5. The van der Waals surface area contributed by atoms with Gasteiger partial charge in [-0.05, 0) is 19.4 Å². The number of nitrogens with zero attached hydrogens (tertiary/aromatic N) is 3. The summed E-state index contributed by atoms with van der Waals surface area (Å²) < 4.78 is 132. The number of nitrogens with two attached hydrogens (primary N) is 1. The van der Waals surface area contributed by atoms with Gasteiger partial charge in [-0.25, -0.2) is 41.2 Å². The van der Waals surface area contributed by atoms with Crippen molar-refractivity contribution in [2.75, 3.05) is 13.2 Å². The molecule has 4 rings (SSSR count). The zero-order chi connectivity index (χ0) is 49.4. The van der Waals surface area contributed by atoms with Crippen LogP contribution in [0.5, 0.6) is 0 Å². The quantitative estimate of drug-likeness (QED) is 0.0733. The smallest absolute Gasteiger partial charge is 0.386 e. The molecule has 2 saturated heterocycles. The molecule has 13 N–H and O–H groups in total. The van der Waals surface area contributed by atoms with Crippen molar-refractivity contribution in [3.63, 3.8) is 0 Å². The molecule has 0 bridgehead atoms. The van der Waals surface area contributed by atoms with Crippen LogP contribution in [0, 0.1) is 24.7 Å². The molecule has 0 radical (unpaired) electrons. The number of aliphatic hydroxyl groups is 2. The zero-order valence-corrected chi connectivity index (χ0v) is 37.7. The van der Waals surface area contributed by atoms with Crippen LogP contribution in [0.2, 0.25) is 0 Å². The summed E-state index contributed by atoms with van der Waals surface area (Å²) in [6.45, 7) is 11.6. The van der Waals surface area contributed by atoms with E-state index < -0.39 is 108 Å². The molecule has 360 valence electrons. The van der Waals surface area contributed by atoms with Gasteiger partial charge >= 0.3 is 46.9 Å². The Morgan fingerprint density at radius 2 is 1.11 bits per heavy atom. The third-order valence-electron chi connectivity index (χ3n) is 8.22. The second kappa shape index (κ2) is 19.8. The average molecular weight is 1040 g/mol. The standard InChI is InChI=1S/C14H20FN2O12P3.C13H19FN3O12P3/c1-5-14(7-26-31(22,23)29-32(24,25)28-30(19,20)21)12(18)11(15)13(27-14)17-6-8(2)9(3)16-10(17)4;1-4-13(6-26-31(22,23)29-32(24,25)28-30(19,20)21)10(18)9(14)12(27-13)17-5-7(2)11(15)16-8(17)3/h1,6,11-13,16,18H,3-4,7H2,2H3,(H,22,23)(H,24,25)(H2,19,20,21);1,5,9-10,12,18H,3,6H2,2H3,(H2,15,16)(H,22,23)(H,24,25)(H2,19,20,21)/t11?,12-,13-,14-;9?,10-,12-,13-/m11/s1. The summed E-state index contributed by atoms with van der Waals surface area (Å²) in [5.41, 5.74) is 2.27. The highest BCUT2D eigenvalue weighted by molar-refractivity contribution is 7.67. The first kappa shape index (κ1) is 55.5. The van der Waals surface area contributed by atoms with Crippen molar-refractivity contribution in [3.05, 3.63) is 60.6 Å². The molecule has 2 fully saturated rings. The van der Waals surface area contributed by atoms with Gasteiger partial charge in [0.15, 0.2) is 36.0 Å². The van der Waals surface area contributed by atoms with Crippen LogP contribution >= 0.6 is 46.9 Å². The van der Waals surface area contributed by atoms with Gasteiger partial charge in [0, 0.05) is 23.7 Å². The number of halogens is 2. The minimum atomic E-state index is -5.79. The highest BCUT2D eigenvalue weighted by Crippen LogP contribution is 2.67. The molecule has 0 aliphatic carbocycles. The maximum Gasteiger partial charge on any atom is 0.490 e. The molecule has 29 nitrogen and oxygen atoms in total. The molecule has 6 unspecified atom stereocenters. The maximum absolute atomic E-state index is 14.9. The van der Waals surface area contributed by atoms with Gasteiger partial charge in [-0.15, -0.1) is 12.8 Å². The summed E-state index contributed by atoms with van der Waals surface area (Å²) in [6.07, 6.45) is 1.46. The molecule has 4 aliphatic heterocycles. The van der Waals surface area contributed by atoms with E-state index in [1.165, 1.54) is 12.4 Å². The monoisotopic (exact) mass is 1040 g/mol. The number of terminal acetylenes is 2. The lowest BCUT2D eigenvalue weighted by Gasteiger charge is -2.35. The molecule has 37 heteroatoms. The summed E-state index contributed by atoms with van der Waals surface area (Å²) in [7, 11) is -34.0. The second-order valence-electron chi connectivity index (χ2n) is 13.0. The fraction of sp³-hybridized carbons (Fsp3) is 0.444. The van der Waals surface area contributed by atoms with E-state index in [2.05, 4.69) is 56.3 Å². The Labute approximate surface area is 360 Å². The zero-order valence-electron chi connectivity index (χ0n) is 32.4. The Kier molecular flexibility index (Phi) is 17.2. The molecule has 0 spiro atoms. The summed E-state index contributed by atoms with van der Waals surface area (Å²) >= 11 is 0. The van der Waals surface area contributed by atoms with Gasteiger partial charge < -0.3 is 79.7 Å². The molecule has 64 heavy (non-hydrogen) atoms. The molecule has 0 amide bonds. The van der Waals surface area contributed by atoms with Crippen LogP contribution < -0.4 is 11.1 Å². The lowest BCUT2D eigenvalue weighted by Crippen LogP contribution is -2.44. The fourth-order valence-electron chi connectivity index (χ4n) is 5.25. The minimum Gasteiger partial charge on any atom is -0.386 e. The molecular formula is C27H39F2N5O24P6. The molecule has 0 aromatic carbocycles. The predicted octanol–water partition coefficient (Wildman–Crippen LogP) is 0.356. The Balaban J connectivity index is 0.000000340. The van der Waals surface area contributed by atoms with Gasteiger partial charge in [-0.3, -0.25) is 9.05 Å². The number of aliphatic imine (C=N–C) groups is 1. The van der Waals surface area contributed by atoms with Gasteiger partial charge in [0.25, 0.3) is 0 Å². The highest BCUT2D eigenvalue weighted by Gasteiger charge is 2.59. The van der Waals surface area contributed by atoms with Crippen molar-refractivity contribution < 1.29 is 121 Å². The van der Waals surface area contributed by atoms with Crippen molar-refractivity contribution in [1.82, 2.24) is 15.1 Å². The number of ether oxygens (including phenoxy) is 2. The Hall–Kier alpha value is -2.79. The number of amidine groups is 1. The van der Waals surface area contributed by atoms with Crippen LogP contribution in [-0.4, -0.2) is 126 Å². The number of nitrogens with one attached hydrogen (secondary N) is 1. The lowest BCUT2D eigenvalue weighted by atomic mass is 9.98. The number of aliphatic hydroxyl groups excluding tert-OH is 2. The molecule has 4 aliphatic rings. The topological polar surface area (TPSA) is 435 Å². The molecule has 0 aromatic rings. The van der Waals surface area contributed by atoms with E-state index in [1.807, 2.05) is 11.8 Å². The van der Waals surface area contributed by atoms with E-state index in [1.54, 1.807) is 13.8 Å². The van der Waals surface area contributed by atoms with Crippen LogP contribution in [0.15, 0.2) is 65.6 Å². The minimum absolute atomic E-state index is 0.0753. The number of rotatable bonds is 16. The largest absolute Gasteiger partial charge is 0.490 e. The van der Waals surface area contributed by atoms with Gasteiger partial charge in [0.2, 0.25) is 0 Å². The number of phosphoric acid groups is 6.